The molecule has 0 saturated carbocycles. The first-order valence-electron chi connectivity index (χ1n) is 4.57. The molecule has 0 unspecified atom stereocenters. The summed E-state index contributed by atoms with van der Waals surface area (Å²) in [6, 6.07) is 5.91. The minimum Gasteiger partial charge on any atom is -0.489 e. The molecule has 0 aliphatic carbocycles. The highest BCUT2D eigenvalue weighted by atomic mass is 35.5. The first kappa shape index (κ1) is 8.12. The number of alkyl halides is 1. The minimum atomic E-state index is 0.453. The molecule has 2 heterocycles. The molecule has 1 aromatic carbocycles. The number of rotatable bonds is 1. The lowest BCUT2D eigenvalue weighted by Gasteiger charge is -2.17. The second-order valence-corrected chi connectivity index (χ2v) is 3.55. The molecule has 0 amide bonds. The van der Waals surface area contributed by atoms with E-state index < -0.39 is 0 Å². The molecule has 2 aromatic rings. The topological polar surface area (TPSA) is 27.1 Å². The summed E-state index contributed by atoms with van der Waals surface area (Å²) in [5.41, 5.74) is 2.05. The van der Waals surface area contributed by atoms with Crippen LogP contribution in [0.15, 0.2) is 18.2 Å². The zero-order valence-corrected chi connectivity index (χ0v) is 8.29. The maximum atomic E-state index is 5.83. The summed E-state index contributed by atoms with van der Waals surface area (Å²) in [4.78, 5) is 4.45. The average molecular weight is 209 g/mol. The normalized spacial score (nSPS) is 14.4. The Bertz CT molecular complexity index is 492. The molecular formula is C10H9ClN2O. The Morgan fingerprint density at radius 3 is 3.29 bits per heavy atom. The van der Waals surface area contributed by atoms with Gasteiger partial charge in [-0.25, -0.2) is 4.98 Å². The molecule has 0 atom stereocenters. The first-order valence-corrected chi connectivity index (χ1v) is 5.10. The van der Waals surface area contributed by atoms with Gasteiger partial charge in [0.05, 0.1) is 17.9 Å². The van der Waals surface area contributed by atoms with Gasteiger partial charge in [0.15, 0.2) is 0 Å². The molecular weight excluding hydrogens is 200 g/mol. The van der Waals surface area contributed by atoms with Crippen molar-refractivity contribution in [1.29, 1.82) is 0 Å². The molecule has 3 nitrogen and oxygen atoms in total. The van der Waals surface area contributed by atoms with Gasteiger partial charge < -0.3 is 9.30 Å². The van der Waals surface area contributed by atoms with Crippen LogP contribution in [-0.4, -0.2) is 16.2 Å². The van der Waals surface area contributed by atoms with E-state index in [0.29, 0.717) is 12.5 Å². The second kappa shape index (κ2) is 2.89. The van der Waals surface area contributed by atoms with Crippen molar-refractivity contribution in [2.24, 2.45) is 0 Å². The number of aromatic nitrogens is 2. The van der Waals surface area contributed by atoms with Crippen LogP contribution in [0.25, 0.3) is 11.0 Å². The van der Waals surface area contributed by atoms with E-state index >= 15 is 0 Å². The van der Waals surface area contributed by atoms with E-state index in [0.717, 1.165) is 29.2 Å². The fraction of sp³-hybridized carbons (Fsp3) is 0.300. The largest absolute Gasteiger partial charge is 0.489 e. The fourth-order valence-electron chi connectivity index (χ4n) is 1.91. The van der Waals surface area contributed by atoms with Gasteiger partial charge in [-0.05, 0) is 12.1 Å². The maximum Gasteiger partial charge on any atom is 0.145 e. The molecule has 0 bridgehead atoms. The summed E-state index contributed by atoms with van der Waals surface area (Å²) in [6.07, 6.45) is 0. The average Bonchev–Trinajstić information content (AvgIpc) is 2.60. The molecule has 72 valence electrons. The van der Waals surface area contributed by atoms with Crippen LogP contribution in [0.5, 0.6) is 5.75 Å². The highest BCUT2D eigenvalue weighted by molar-refractivity contribution is 6.16. The van der Waals surface area contributed by atoms with E-state index in [1.165, 1.54) is 0 Å². The van der Waals surface area contributed by atoms with Crippen LogP contribution in [0.4, 0.5) is 0 Å². The van der Waals surface area contributed by atoms with Gasteiger partial charge in [0.25, 0.3) is 0 Å². The number of halogens is 1. The van der Waals surface area contributed by atoms with Crippen molar-refractivity contribution in [3.8, 4) is 5.75 Å². The van der Waals surface area contributed by atoms with E-state index in [1.54, 1.807) is 0 Å². The Balaban J connectivity index is 2.42. The van der Waals surface area contributed by atoms with Crippen LogP contribution in [0.2, 0.25) is 0 Å². The van der Waals surface area contributed by atoms with Gasteiger partial charge in [-0.15, -0.1) is 11.6 Å². The van der Waals surface area contributed by atoms with E-state index in [-0.39, 0.29) is 0 Å². The maximum absolute atomic E-state index is 5.83. The van der Waals surface area contributed by atoms with Crippen LogP contribution in [-0.2, 0) is 12.4 Å². The number of nitrogens with zero attached hydrogens (tertiary/aromatic N) is 2. The quantitative estimate of drug-likeness (QED) is 0.672. The minimum absolute atomic E-state index is 0.453. The van der Waals surface area contributed by atoms with Crippen molar-refractivity contribution < 1.29 is 4.74 Å². The highest BCUT2D eigenvalue weighted by Crippen LogP contribution is 2.29. The third-order valence-electron chi connectivity index (χ3n) is 2.50. The third-order valence-corrected chi connectivity index (χ3v) is 2.74. The monoisotopic (exact) mass is 208 g/mol. The summed E-state index contributed by atoms with van der Waals surface area (Å²) in [6.45, 7) is 1.54. The summed E-state index contributed by atoms with van der Waals surface area (Å²) in [5, 5.41) is 0. The Labute approximate surface area is 86.3 Å². The number of imidazole rings is 1. The molecule has 0 radical (unpaired) electrons. The Morgan fingerprint density at radius 1 is 1.50 bits per heavy atom. The molecule has 0 spiro atoms. The smallest absolute Gasteiger partial charge is 0.145 e. The van der Waals surface area contributed by atoms with Gasteiger partial charge >= 0.3 is 0 Å². The Hall–Kier alpha value is -1.22. The Kier molecular flexibility index (Phi) is 1.67. The predicted octanol–water partition coefficient (Wildman–Crippen LogP) is 2.17. The number of ether oxygens (including phenoxy) is 1. The van der Waals surface area contributed by atoms with Gasteiger partial charge in [0.2, 0.25) is 0 Å². The number of hydrogen-bond acceptors (Lipinski definition) is 2. The van der Waals surface area contributed by atoms with Gasteiger partial charge in [0.1, 0.15) is 23.7 Å². The molecule has 3 rings (SSSR count). The zero-order chi connectivity index (χ0) is 9.54. The standard InChI is InChI=1S/C10H9ClN2O/c11-6-9-12-7-2-1-3-8-10(7)13(9)4-5-14-8/h1-3H,4-6H2. The van der Waals surface area contributed by atoms with Crippen LogP contribution in [0.3, 0.4) is 0 Å². The molecule has 14 heavy (non-hydrogen) atoms. The van der Waals surface area contributed by atoms with E-state index in [4.69, 9.17) is 16.3 Å². The van der Waals surface area contributed by atoms with E-state index in [2.05, 4.69) is 9.55 Å². The lowest BCUT2D eigenvalue weighted by molar-refractivity contribution is 0.285. The molecule has 4 heteroatoms. The first-order chi connectivity index (χ1) is 6.90. The van der Waals surface area contributed by atoms with Crippen LogP contribution in [0, 0.1) is 0 Å². The van der Waals surface area contributed by atoms with Gasteiger partial charge in [0, 0.05) is 0 Å². The van der Waals surface area contributed by atoms with Crippen molar-refractivity contribution in [2.75, 3.05) is 6.61 Å². The van der Waals surface area contributed by atoms with Crippen molar-refractivity contribution in [2.45, 2.75) is 12.4 Å². The zero-order valence-electron chi connectivity index (χ0n) is 7.53. The van der Waals surface area contributed by atoms with Crippen molar-refractivity contribution in [3.63, 3.8) is 0 Å². The highest BCUT2D eigenvalue weighted by Gasteiger charge is 2.17. The number of hydrogen-bond donors (Lipinski definition) is 0. The van der Waals surface area contributed by atoms with Crippen molar-refractivity contribution in [1.82, 2.24) is 9.55 Å². The lowest BCUT2D eigenvalue weighted by atomic mass is 10.2. The van der Waals surface area contributed by atoms with Gasteiger partial charge in [-0.1, -0.05) is 6.07 Å². The summed E-state index contributed by atoms with van der Waals surface area (Å²) < 4.78 is 7.69. The molecule has 1 aliphatic heterocycles. The predicted molar refractivity (Wildman–Crippen MR) is 54.8 cm³/mol. The van der Waals surface area contributed by atoms with Gasteiger partial charge in [-0.2, -0.15) is 0 Å². The molecule has 0 N–H and O–H groups in total. The van der Waals surface area contributed by atoms with Crippen LogP contribution < -0.4 is 4.74 Å². The SMILES string of the molecule is ClCc1nc2cccc3c2n1CCO3. The summed E-state index contributed by atoms with van der Waals surface area (Å²) >= 11 is 5.83. The number of benzene rings is 1. The van der Waals surface area contributed by atoms with Crippen molar-refractivity contribution in [3.05, 3.63) is 24.0 Å². The van der Waals surface area contributed by atoms with Crippen molar-refractivity contribution >= 4 is 22.6 Å². The fourth-order valence-corrected chi connectivity index (χ4v) is 2.11. The molecule has 1 aliphatic rings. The molecule has 1 aromatic heterocycles. The number of para-hydroxylation sites is 1. The Morgan fingerprint density at radius 2 is 2.43 bits per heavy atom. The lowest BCUT2D eigenvalue weighted by Crippen LogP contribution is -2.15. The molecule has 0 saturated heterocycles. The summed E-state index contributed by atoms with van der Waals surface area (Å²) in [5.74, 6) is 2.30. The van der Waals surface area contributed by atoms with Gasteiger partial charge in [-0.3, -0.25) is 0 Å². The molecule has 0 fully saturated rings. The summed E-state index contributed by atoms with van der Waals surface area (Å²) in [7, 11) is 0. The van der Waals surface area contributed by atoms with E-state index in [9.17, 15) is 0 Å². The van der Waals surface area contributed by atoms with Crippen LogP contribution >= 0.6 is 11.6 Å². The van der Waals surface area contributed by atoms with Crippen LogP contribution in [0.1, 0.15) is 5.82 Å². The third kappa shape index (κ3) is 0.960. The second-order valence-electron chi connectivity index (χ2n) is 3.29. The van der Waals surface area contributed by atoms with E-state index in [1.807, 2.05) is 18.2 Å².